The van der Waals surface area contributed by atoms with Gasteiger partial charge in [-0.25, -0.2) is 0 Å². The van der Waals surface area contributed by atoms with E-state index in [4.69, 9.17) is 10.8 Å². The Bertz CT molecular complexity index is 651. The quantitative estimate of drug-likeness (QED) is 0.189. The maximum atomic E-state index is 12.4. The number of carbonyl (C=O) groups is 4. The predicted molar refractivity (Wildman–Crippen MR) is 99.0 cm³/mol. The van der Waals surface area contributed by atoms with E-state index in [0.717, 1.165) is 6.92 Å². The van der Waals surface area contributed by atoms with Gasteiger partial charge in [0.2, 0.25) is 23.5 Å². The van der Waals surface area contributed by atoms with Gasteiger partial charge in [0, 0.05) is 13.5 Å². The number of carboxylic acids is 1. The van der Waals surface area contributed by atoms with Gasteiger partial charge in [-0.3, -0.25) is 19.2 Å². The van der Waals surface area contributed by atoms with Crippen LogP contribution >= 0.6 is 0 Å². The highest BCUT2D eigenvalue weighted by Crippen LogP contribution is 2.23. The average molecular weight is 418 g/mol. The molecule has 4 atom stereocenters. The smallest absolute Gasteiger partial charge is 0.305 e. The lowest BCUT2D eigenvalue weighted by molar-refractivity contribution is -0.234. The molecule has 29 heavy (non-hydrogen) atoms. The molecule has 0 aromatic heterocycles. The number of carboxylic acid groups (broad SMARTS) is 1. The molecule has 0 radical (unpaired) electrons. The molecular formula is C17H30N4O8. The maximum absolute atomic E-state index is 12.4. The van der Waals surface area contributed by atoms with Gasteiger partial charge in [-0.05, 0) is 26.7 Å². The van der Waals surface area contributed by atoms with Crippen molar-refractivity contribution in [1.82, 2.24) is 15.5 Å². The number of nitrogens with two attached hydrogens (primary N) is 1. The number of aliphatic carboxylic acids is 1. The Morgan fingerprint density at radius 3 is 2.31 bits per heavy atom. The highest BCUT2D eigenvalue weighted by molar-refractivity contribution is 5.92. The molecule has 0 unspecified atom stereocenters. The summed E-state index contributed by atoms with van der Waals surface area (Å²) >= 11 is 0. The average Bonchev–Trinajstić information content (AvgIpc) is 3.10. The summed E-state index contributed by atoms with van der Waals surface area (Å²) in [6.45, 7) is 3.27. The van der Waals surface area contributed by atoms with Crippen LogP contribution in [0.3, 0.4) is 0 Å². The third-order valence-corrected chi connectivity index (χ3v) is 5.06. The summed E-state index contributed by atoms with van der Waals surface area (Å²) in [7, 11) is 0. The third kappa shape index (κ3) is 5.85. The van der Waals surface area contributed by atoms with Gasteiger partial charge >= 0.3 is 5.97 Å². The highest BCUT2D eigenvalue weighted by atomic mass is 16.5. The zero-order chi connectivity index (χ0) is 22.6. The number of nitrogens with one attached hydrogen (secondary N) is 2. The van der Waals surface area contributed by atoms with Gasteiger partial charge in [-0.15, -0.1) is 0 Å². The Kier molecular flexibility index (Phi) is 8.09. The van der Waals surface area contributed by atoms with Crippen LogP contribution in [0, 0.1) is 0 Å². The molecule has 1 heterocycles. The molecule has 12 nitrogen and oxygen atoms in total. The van der Waals surface area contributed by atoms with Crippen LogP contribution in [0.15, 0.2) is 0 Å². The second-order valence-corrected chi connectivity index (χ2v) is 7.56. The largest absolute Gasteiger partial charge is 0.481 e. The lowest BCUT2D eigenvalue weighted by Crippen LogP contribution is -2.71. The Labute approximate surface area is 168 Å². The van der Waals surface area contributed by atoms with Crippen molar-refractivity contribution in [3.05, 3.63) is 0 Å². The summed E-state index contributed by atoms with van der Waals surface area (Å²) < 4.78 is 0. The van der Waals surface area contributed by atoms with E-state index in [9.17, 15) is 34.5 Å². The van der Waals surface area contributed by atoms with E-state index in [2.05, 4.69) is 10.6 Å². The van der Waals surface area contributed by atoms with E-state index in [0.29, 0.717) is 19.4 Å². The third-order valence-electron chi connectivity index (χ3n) is 5.06. The number of carbonyl (C=O) groups excluding carboxylic acids is 3. The Hall–Kier alpha value is -2.28. The summed E-state index contributed by atoms with van der Waals surface area (Å²) in [5.41, 5.74) is 3.58. The number of nitrogens with zero attached hydrogens (tertiary/aromatic N) is 1. The van der Waals surface area contributed by atoms with Crippen molar-refractivity contribution in [3.8, 4) is 0 Å². The van der Waals surface area contributed by atoms with Gasteiger partial charge in [0.05, 0.1) is 24.6 Å². The topological polar surface area (TPSA) is 203 Å². The summed E-state index contributed by atoms with van der Waals surface area (Å²) in [5.74, 6) is -6.11. The van der Waals surface area contributed by atoms with E-state index < -0.39 is 60.3 Å². The summed E-state index contributed by atoms with van der Waals surface area (Å²) in [6, 6.07) is -3.65. The number of aliphatic hydroxyl groups excluding tert-OH is 1. The minimum atomic E-state index is -2.96. The van der Waals surface area contributed by atoms with E-state index in [-0.39, 0.29) is 5.91 Å². The van der Waals surface area contributed by atoms with Crippen LogP contribution in [0.5, 0.6) is 0 Å². The molecule has 1 saturated heterocycles. The molecule has 166 valence electrons. The zero-order valence-electron chi connectivity index (χ0n) is 16.7. The molecule has 3 amide bonds. The minimum Gasteiger partial charge on any atom is -0.481 e. The Balaban J connectivity index is 2.87. The van der Waals surface area contributed by atoms with Gasteiger partial charge in [-0.1, -0.05) is 0 Å². The van der Waals surface area contributed by atoms with Crippen molar-refractivity contribution in [2.24, 2.45) is 5.73 Å². The van der Waals surface area contributed by atoms with Crippen LogP contribution in [0.25, 0.3) is 0 Å². The highest BCUT2D eigenvalue weighted by Gasteiger charge is 2.50. The van der Waals surface area contributed by atoms with Crippen LogP contribution in [0.1, 0.15) is 40.0 Å². The first-order valence-electron chi connectivity index (χ1n) is 9.18. The molecule has 1 fully saturated rings. The number of aliphatic hydroxyl groups is 3. The van der Waals surface area contributed by atoms with Crippen molar-refractivity contribution in [2.45, 2.75) is 69.5 Å². The lowest BCUT2D eigenvalue weighted by atomic mass is 9.85. The molecule has 0 aromatic carbocycles. The van der Waals surface area contributed by atoms with Crippen molar-refractivity contribution >= 4 is 23.7 Å². The van der Waals surface area contributed by atoms with Crippen LogP contribution in [-0.4, -0.2) is 91.6 Å². The normalized spacial score (nSPS) is 21.1. The van der Waals surface area contributed by atoms with Crippen LogP contribution in [-0.2, 0) is 19.2 Å². The molecule has 1 aliphatic heterocycles. The summed E-state index contributed by atoms with van der Waals surface area (Å²) in [4.78, 5) is 48.9. The van der Waals surface area contributed by atoms with Crippen molar-refractivity contribution in [1.29, 1.82) is 0 Å². The molecule has 0 aromatic rings. The number of amides is 3. The fourth-order valence-electron chi connectivity index (χ4n) is 3.07. The first-order chi connectivity index (χ1) is 13.2. The number of rotatable bonds is 9. The first kappa shape index (κ1) is 24.8. The standard InChI is InChI=1S/C17H30N4O8/c1-9(19-15(27)11-5-4-6-21(11)10(2)23)14(26)20-12(7-13(24)25)17(28,29)16(3,18)8-22/h9,11-12,22,28-29H,4-8,18H2,1-3H3,(H,19,27)(H,20,26)(H,24,25)/t9-,11-,12-,16-/m0/s1. The second-order valence-electron chi connectivity index (χ2n) is 7.56. The summed E-state index contributed by atoms with van der Waals surface area (Å²) in [6.07, 6.45) is 0.194. The van der Waals surface area contributed by atoms with Gasteiger partial charge in [0.25, 0.3) is 0 Å². The molecule has 1 aliphatic rings. The molecule has 0 spiro atoms. The summed E-state index contributed by atoms with van der Waals surface area (Å²) in [5, 5.41) is 43.5. The molecule has 0 aliphatic carbocycles. The number of hydrogen-bond donors (Lipinski definition) is 7. The van der Waals surface area contributed by atoms with Gasteiger partial charge < -0.3 is 41.7 Å². The minimum absolute atomic E-state index is 0.266. The monoisotopic (exact) mass is 418 g/mol. The molecule has 0 bridgehead atoms. The van der Waals surface area contributed by atoms with Crippen molar-refractivity contribution in [2.75, 3.05) is 13.2 Å². The Morgan fingerprint density at radius 2 is 1.83 bits per heavy atom. The predicted octanol–water partition coefficient (Wildman–Crippen LogP) is -3.15. The number of hydrogen-bond acceptors (Lipinski definition) is 8. The number of likely N-dealkylation sites (tertiary alicyclic amines) is 1. The van der Waals surface area contributed by atoms with Crippen LogP contribution in [0.2, 0.25) is 0 Å². The van der Waals surface area contributed by atoms with E-state index in [1.54, 1.807) is 0 Å². The second kappa shape index (κ2) is 9.48. The zero-order valence-corrected chi connectivity index (χ0v) is 16.7. The first-order valence-corrected chi connectivity index (χ1v) is 9.18. The van der Waals surface area contributed by atoms with Crippen molar-refractivity contribution < 1.29 is 39.6 Å². The van der Waals surface area contributed by atoms with Crippen LogP contribution < -0.4 is 16.4 Å². The maximum Gasteiger partial charge on any atom is 0.305 e. The van der Waals surface area contributed by atoms with Gasteiger partial charge in [0.1, 0.15) is 12.1 Å². The molecular weight excluding hydrogens is 388 g/mol. The lowest BCUT2D eigenvalue weighted by Gasteiger charge is -2.42. The van der Waals surface area contributed by atoms with E-state index in [1.165, 1.54) is 18.7 Å². The molecule has 0 saturated carbocycles. The molecule has 1 rings (SSSR count). The van der Waals surface area contributed by atoms with E-state index >= 15 is 0 Å². The van der Waals surface area contributed by atoms with Crippen LogP contribution in [0.4, 0.5) is 0 Å². The van der Waals surface area contributed by atoms with E-state index in [1.807, 2.05) is 0 Å². The SMILES string of the molecule is CC(=O)N1CCC[C@H]1C(=O)N[C@@H](C)C(=O)N[C@@H](CC(=O)O)C(O)(O)[C@@](C)(N)CO. The van der Waals surface area contributed by atoms with Gasteiger partial charge in [-0.2, -0.15) is 0 Å². The molecule has 8 N–H and O–H groups in total. The molecule has 12 heteroatoms. The van der Waals surface area contributed by atoms with Crippen molar-refractivity contribution in [3.63, 3.8) is 0 Å². The fourth-order valence-corrected chi connectivity index (χ4v) is 3.07. The van der Waals surface area contributed by atoms with Gasteiger partial charge in [0.15, 0.2) is 0 Å². The Morgan fingerprint density at radius 1 is 1.24 bits per heavy atom. The fraction of sp³-hybridized carbons (Fsp3) is 0.765.